The van der Waals surface area contributed by atoms with Gasteiger partial charge in [-0.25, -0.2) is 14.8 Å². The van der Waals surface area contributed by atoms with E-state index in [0.29, 0.717) is 26.2 Å². The van der Waals surface area contributed by atoms with Crippen molar-refractivity contribution in [3.05, 3.63) is 53.5 Å². The van der Waals surface area contributed by atoms with Gasteiger partial charge < -0.3 is 24.4 Å². The molecule has 0 unspecified atom stereocenters. The van der Waals surface area contributed by atoms with E-state index in [-0.39, 0.29) is 18.7 Å². The van der Waals surface area contributed by atoms with E-state index in [2.05, 4.69) is 20.2 Å². The van der Waals surface area contributed by atoms with Crippen molar-refractivity contribution in [1.29, 1.82) is 0 Å². The fourth-order valence-electron chi connectivity index (χ4n) is 4.74. The van der Waals surface area contributed by atoms with Gasteiger partial charge in [-0.05, 0) is 24.8 Å². The Balaban J connectivity index is 1.21. The lowest BCUT2D eigenvalue weighted by molar-refractivity contribution is -0.164. The molecule has 1 aliphatic carbocycles. The number of carbonyl (C=O) groups excluding carboxylic acids is 1. The van der Waals surface area contributed by atoms with Crippen molar-refractivity contribution in [2.24, 2.45) is 0 Å². The summed E-state index contributed by atoms with van der Waals surface area (Å²) in [6, 6.07) is 9.73. The molecule has 0 saturated carbocycles. The number of piperidine rings is 1. The molecular weight excluding hydrogens is 396 g/mol. The third-order valence-corrected chi connectivity index (χ3v) is 6.27. The van der Waals surface area contributed by atoms with Crippen LogP contribution in [0.5, 0.6) is 0 Å². The molecule has 2 aromatic rings. The van der Waals surface area contributed by atoms with E-state index < -0.39 is 5.79 Å². The van der Waals surface area contributed by atoms with E-state index in [4.69, 9.17) is 14.2 Å². The summed E-state index contributed by atoms with van der Waals surface area (Å²) in [7, 11) is 0. The van der Waals surface area contributed by atoms with Gasteiger partial charge in [-0.15, -0.1) is 0 Å². The Labute approximate surface area is 181 Å². The summed E-state index contributed by atoms with van der Waals surface area (Å²) in [6.07, 6.45) is 5.49. The zero-order chi connectivity index (χ0) is 21.1. The Bertz CT molecular complexity index is 917. The largest absolute Gasteiger partial charge is 0.445 e. The number of anilines is 1. The van der Waals surface area contributed by atoms with Gasteiger partial charge in [0.1, 0.15) is 18.8 Å². The standard InChI is InChI=1S/C23H28N4O4/c28-22(29-15-17-5-2-1-3-6-17)26-18-7-4-10-27(14-18)21-19-8-9-23(30-11-12-31-23)13-20(19)24-16-25-21/h1-3,5-6,16,18H,4,7-15H2,(H,26,28)/t18-/m1/s1. The fourth-order valence-corrected chi connectivity index (χ4v) is 4.74. The quantitative estimate of drug-likeness (QED) is 0.807. The average molecular weight is 425 g/mol. The van der Waals surface area contributed by atoms with E-state index in [0.717, 1.165) is 49.3 Å². The van der Waals surface area contributed by atoms with Crippen LogP contribution in [-0.4, -0.2) is 54.2 Å². The number of benzene rings is 1. The molecule has 1 amide bonds. The van der Waals surface area contributed by atoms with Gasteiger partial charge in [0.2, 0.25) is 0 Å². The van der Waals surface area contributed by atoms with E-state index in [9.17, 15) is 4.79 Å². The first-order valence-corrected chi connectivity index (χ1v) is 11.0. The average Bonchev–Trinajstić information content (AvgIpc) is 3.25. The maximum atomic E-state index is 12.3. The summed E-state index contributed by atoms with van der Waals surface area (Å²) in [5.41, 5.74) is 3.17. The number of nitrogens with zero attached hydrogens (tertiary/aromatic N) is 3. The molecule has 164 valence electrons. The Kier molecular flexibility index (Phi) is 5.74. The number of nitrogens with one attached hydrogen (secondary N) is 1. The van der Waals surface area contributed by atoms with E-state index >= 15 is 0 Å². The number of alkyl carbamates (subject to hydrolysis) is 1. The number of amides is 1. The van der Waals surface area contributed by atoms with Crippen molar-refractivity contribution in [1.82, 2.24) is 15.3 Å². The summed E-state index contributed by atoms with van der Waals surface area (Å²) in [4.78, 5) is 23.7. The molecule has 3 aliphatic rings. The molecule has 1 N–H and O–H groups in total. The van der Waals surface area contributed by atoms with Crippen molar-refractivity contribution in [3.63, 3.8) is 0 Å². The van der Waals surface area contributed by atoms with Gasteiger partial charge in [-0.1, -0.05) is 30.3 Å². The smallest absolute Gasteiger partial charge is 0.407 e. The molecule has 3 heterocycles. The number of carbonyl (C=O) groups is 1. The lowest BCUT2D eigenvalue weighted by Crippen LogP contribution is -2.48. The summed E-state index contributed by atoms with van der Waals surface area (Å²) >= 11 is 0. The minimum Gasteiger partial charge on any atom is -0.445 e. The normalized spacial score (nSPS) is 22.2. The SMILES string of the molecule is O=C(N[C@@H]1CCCN(c2ncnc3c2CCC2(C3)OCCO2)C1)OCc1ccccc1. The van der Waals surface area contributed by atoms with Gasteiger partial charge in [-0.2, -0.15) is 0 Å². The van der Waals surface area contributed by atoms with Crippen LogP contribution in [0.4, 0.5) is 10.6 Å². The molecule has 5 rings (SSSR count). The topological polar surface area (TPSA) is 85.8 Å². The Morgan fingerprint density at radius 2 is 2.06 bits per heavy atom. The molecule has 2 aliphatic heterocycles. The third kappa shape index (κ3) is 4.50. The van der Waals surface area contributed by atoms with Gasteiger partial charge in [0.05, 0.1) is 18.9 Å². The molecule has 1 atom stereocenters. The molecule has 1 aromatic heterocycles. The first-order valence-electron chi connectivity index (χ1n) is 11.0. The highest BCUT2D eigenvalue weighted by Crippen LogP contribution is 2.37. The van der Waals surface area contributed by atoms with Crippen LogP contribution in [0.1, 0.15) is 36.1 Å². The number of rotatable bonds is 4. The van der Waals surface area contributed by atoms with Gasteiger partial charge in [0.25, 0.3) is 0 Å². The van der Waals surface area contributed by atoms with Gasteiger partial charge in [0, 0.05) is 37.5 Å². The number of aromatic nitrogens is 2. The number of fused-ring (bicyclic) bond motifs is 1. The number of hydrogen-bond acceptors (Lipinski definition) is 7. The number of hydrogen-bond donors (Lipinski definition) is 1. The van der Waals surface area contributed by atoms with Gasteiger partial charge in [0.15, 0.2) is 5.79 Å². The molecule has 2 fully saturated rings. The molecule has 0 radical (unpaired) electrons. The summed E-state index contributed by atoms with van der Waals surface area (Å²) < 4.78 is 17.2. The summed E-state index contributed by atoms with van der Waals surface area (Å²) in [6.45, 7) is 3.19. The maximum absolute atomic E-state index is 12.3. The van der Waals surface area contributed by atoms with Crippen molar-refractivity contribution in [3.8, 4) is 0 Å². The Morgan fingerprint density at radius 3 is 2.90 bits per heavy atom. The van der Waals surface area contributed by atoms with Crippen LogP contribution < -0.4 is 10.2 Å². The van der Waals surface area contributed by atoms with Crippen LogP contribution in [0.3, 0.4) is 0 Å². The molecule has 2 saturated heterocycles. The number of ether oxygens (including phenoxy) is 3. The van der Waals surface area contributed by atoms with Crippen molar-refractivity contribution < 1.29 is 19.0 Å². The molecule has 8 nitrogen and oxygen atoms in total. The minimum absolute atomic E-state index is 0.0269. The summed E-state index contributed by atoms with van der Waals surface area (Å²) in [5.74, 6) is 0.467. The zero-order valence-electron chi connectivity index (χ0n) is 17.6. The third-order valence-electron chi connectivity index (χ3n) is 6.27. The molecule has 1 spiro atoms. The summed E-state index contributed by atoms with van der Waals surface area (Å²) in [5, 5.41) is 3.02. The Morgan fingerprint density at radius 1 is 1.23 bits per heavy atom. The van der Waals surface area contributed by atoms with Crippen LogP contribution in [0, 0.1) is 0 Å². The van der Waals surface area contributed by atoms with E-state index in [1.807, 2.05) is 30.3 Å². The monoisotopic (exact) mass is 424 g/mol. The Hall–Kier alpha value is -2.71. The van der Waals surface area contributed by atoms with Crippen molar-refractivity contribution >= 4 is 11.9 Å². The van der Waals surface area contributed by atoms with Crippen LogP contribution in [0.15, 0.2) is 36.7 Å². The van der Waals surface area contributed by atoms with Crippen LogP contribution >= 0.6 is 0 Å². The maximum Gasteiger partial charge on any atom is 0.407 e. The lowest BCUT2D eigenvalue weighted by atomic mass is 9.90. The minimum atomic E-state index is -0.507. The predicted molar refractivity (Wildman–Crippen MR) is 114 cm³/mol. The first-order chi connectivity index (χ1) is 15.2. The van der Waals surface area contributed by atoms with Gasteiger partial charge >= 0.3 is 6.09 Å². The lowest BCUT2D eigenvalue weighted by Gasteiger charge is -2.37. The van der Waals surface area contributed by atoms with E-state index in [1.165, 1.54) is 5.56 Å². The van der Waals surface area contributed by atoms with Crippen LogP contribution in [-0.2, 0) is 33.7 Å². The second-order valence-electron chi connectivity index (χ2n) is 8.40. The highest BCUT2D eigenvalue weighted by atomic mass is 16.7. The predicted octanol–water partition coefficient (Wildman–Crippen LogP) is 2.60. The molecule has 31 heavy (non-hydrogen) atoms. The highest BCUT2D eigenvalue weighted by Gasteiger charge is 2.41. The van der Waals surface area contributed by atoms with Gasteiger partial charge in [-0.3, -0.25) is 0 Å². The van der Waals surface area contributed by atoms with Crippen molar-refractivity contribution in [2.75, 3.05) is 31.2 Å². The fraction of sp³-hybridized carbons (Fsp3) is 0.522. The van der Waals surface area contributed by atoms with Crippen molar-refractivity contribution in [2.45, 2.75) is 50.5 Å². The molecule has 0 bridgehead atoms. The highest BCUT2D eigenvalue weighted by molar-refractivity contribution is 5.67. The molecule has 1 aromatic carbocycles. The second kappa shape index (κ2) is 8.80. The molecular formula is C23H28N4O4. The molecule has 8 heteroatoms. The van der Waals surface area contributed by atoms with Crippen LogP contribution in [0.2, 0.25) is 0 Å². The first kappa shape index (κ1) is 20.2. The van der Waals surface area contributed by atoms with E-state index in [1.54, 1.807) is 6.33 Å². The second-order valence-corrected chi connectivity index (χ2v) is 8.40. The van der Waals surface area contributed by atoms with Crippen LogP contribution in [0.25, 0.3) is 0 Å². The zero-order valence-corrected chi connectivity index (χ0v) is 17.6.